The Labute approximate surface area is 41.1 Å². The summed E-state index contributed by atoms with van der Waals surface area (Å²) in [4.78, 5) is 0. The van der Waals surface area contributed by atoms with Crippen LogP contribution in [0.1, 0.15) is 0 Å². The quantitative estimate of drug-likeness (QED) is 0.321. The van der Waals surface area contributed by atoms with E-state index in [1.165, 1.54) is 0 Å². The molecule has 0 saturated carbocycles. The molecule has 0 aromatic heterocycles. The van der Waals surface area contributed by atoms with Crippen LogP contribution in [0.25, 0.3) is 0 Å². The largest absolute Gasteiger partial charge is 1.00 e. The van der Waals surface area contributed by atoms with Crippen molar-refractivity contribution >= 4 is 7.92 Å². The highest BCUT2D eigenvalue weighted by atomic mass is 35.5. The van der Waals surface area contributed by atoms with E-state index in [2.05, 4.69) is 20.0 Å². The smallest absolute Gasteiger partial charge is 0.0461 e. The number of hydrogen-bond donors (Lipinski definition) is 0. The van der Waals surface area contributed by atoms with E-state index in [0.29, 0.717) is 0 Å². The molecule has 0 aliphatic carbocycles. The molecule has 34 valence electrons. The maximum absolute atomic E-state index is 2.27. The van der Waals surface area contributed by atoms with Crippen LogP contribution >= 0.6 is 7.92 Å². The van der Waals surface area contributed by atoms with Gasteiger partial charge in [-0.05, 0) is 7.92 Å². The van der Waals surface area contributed by atoms with Crippen LogP contribution in [0.5, 0.6) is 0 Å². The van der Waals surface area contributed by atoms with Crippen LogP contribution in [0, 0.1) is 0 Å². The fourth-order valence-electron chi connectivity index (χ4n) is 0. The first-order valence-electron chi connectivity index (χ1n) is 1.50. The maximum Gasteiger partial charge on any atom is 0.0461 e. The van der Waals surface area contributed by atoms with Crippen LogP contribution in [-0.2, 0) is 0 Å². The van der Waals surface area contributed by atoms with E-state index in [-0.39, 0.29) is 20.3 Å². The van der Waals surface area contributed by atoms with Gasteiger partial charge in [0.05, 0.1) is 0 Å². The van der Waals surface area contributed by atoms with E-state index in [9.17, 15) is 0 Å². The van der Waals surface area contributed by atoms with Gasteiger partial charge in [0, 0.05) is 20.0 Å². The molecule has 0 N–H and O–H groups in total. The highest BCUT2D eigenvalue weighted by molar-refractivity contribution is 7.55. The number of rotatable bonds is 0. The molecule has 0 aromatic carbocycles. The van der Waals surface area contributed by atoms with Crippen molar-refractivity contribution in [3.05, 3.63) is 0 Å². The SMILES string of the molecule is C[PH+](C)C.[Cl-]. The number of halogens is 1. The second kappa shape index (κ2) is 4.72. The molecular formula is C3H10ClP. The second-order valence-corrected chi connectivity index (χ2v) is 4.50. The Morgan fingerprint density at radius 3 is 1.00 bits per heavy atom. The molecule has 0 bridgehead atoms. The summed E-state index contributed by atoms with van der Waals surface area (Å²) in [5.74, 6) is 0. The Hall–Kier alpha value is 0.720. The molecule has 0 saturated heterocycles. The molecule has 0 nitrogen and oxygen atoms in total. The highest BCUT2D eigenvalue weighted by Gasteiger charge is 1.75. The Kier molecular flexibility index (Phi) is 8.69. The van der Waals surface area contributed by atoms with Gasteiger partial charge in [-0.3, -0.25) is 0 Å². The number of hydrogen-bond acceptors (Lipinski definition) is 0. The summed E-state index contributed by atoms with van der Waals surface area (Å²) in [5.41, 5.74) is 0. The van der Waals surface area contributed by atoms with Crippen LogP contribution < -0.4 is 12.4 Å². The third kappa shape index (κ3) is 67.4. The average molecular weight is 113 g/mol. The summed E-state index contributed by atoms with van der Waals surface area (Å²) in [7, 11) is 0.120. The molecule has 0 amide bonds. The summed E-state index contributed by atoms with van der Waals surface area (Å²) >= 11 is 0. The summed E-state index contributed by atoms with van der Waals surface area (Å²) in [6.07, 6.45) is 0. The van der Waals surface area contributed by atoms with Gasteiger partial charge in [-0.2, -0.15) is 0 Å². The van der Waals surface area contributed by atoms with Gasteiger partial charge in [-0.25, -0.2) is 0 Å². The molecule has 0 heterocycles. The second-order valence-electron chi connectivity index (χ2n) is 1.50. The van der Waals surface area contributed by atoms with Crippen molar-refractivity contribution in [3.8, 4) is 0 Å². The van der Waals surface area contributed by atoms with Crippen LogP contribution in [0.4, 0.5) is 0 Å². The lowest BCUT2D eigenvalue weighted by molar-refractivity contribution is -0.00000109. The average Bonchev–Trinajstić information content (AvgIpc) is 0.811. The monoisotopic (exact) mass is 112 g/mol. The molecule has 0 unspecified atom stereocenters. The minimum absolute atomic E-state index is 0. The summed E-state index contributed by atoms with van der Waals surface area (Å²) in [5, 5.41) is 0. The molecule has 0 spiro atoms. The molecular weight excluding hydrogens is 102 g/mol. The van der Waals surface area contributed by atoms with Gasteiger partial charge < -0.3 is 12.4 Å². The Morgan fingerprint density at radius 1 is 1.00 bits per heavy atom. The van der Waals surface area contributed by atoms with E-state index < -0.39 is 0 Å². The van der Waals surface area contributed by atoms with Crippen molar-refractivity contribution in [2.75, 3.05) is 20.0 Å². The van der Waals surface area contributed by atoms with Gasteiger partial charge in [-0.1, -0.05) is 0 Å². The van der Waals surface area contributed by atoms with E-state index in [1.54, 1.807) is 0 Å². The van der Waals surface area contributed by atoms with Gasteiger partial charge in [0.2, 0.25) is 0 Å². The van der Waals surface area contributed by atoms with Crippen molar-refractivity contribution in [2.24, 2.45) is 0 Å². The lowest BCUT2D eigenvalue weighted by Crippen LogP contribution is -3.00. The van der Waals surface area contributed by atoms with Crippen LogP contribution in [0.3, 0.4) is 0 Å². The van der Waals surface area contributed by atoms with E-state index >= 15 is 0 Å². The van der Waals surface area contributed by atoms with E-state index in [4.69, 9.17) is 0 Å². The Bertz CT molecular complexity index is 11.6. The van der Waals surface area contributed by atoms with Gasteiger partial charge in [0.25, 0.3) is 0 Å². The van der Waals surface area contributed by atoms with Gasteiger partial charge in [0.15, 0.2) is 0 Å². The van der Waals surface area contributed by atoms with Crippen molar-refractivity contribution in [3.63, 3.8) is 0 Å². The predicted molar refractivity (Wildman–Crippen MR) is 26.1 cm³/mol. The van der Waals surface area contributed by atoms with E-state index in [0.717, 1.165) is 0 Å². The zero-order chi connectivity index (χ0) is 3.58. The molecule has 0 rings (SSSR count). The maximum atomic E-state index is 2.27. The minimum atomic E-state index is 0. The normalized spacial score (nSPS) is 7.20. The van der Waals surface area contributed by atoms with E-state index in [1.807, 2.05) is 0 Å². The summed E-state index contributed by atoms with van der Waals surface area (Å²) in [6, 6.07) is 0. The summed E-state index contributed by atoms with van der Waals surface area (Å²) in [6.45, 7) is 6.81. The lowest BCUT2D eigenvalue weighted by Gasteiger charge is -1.71. The van der Waals surface area contributed by atoms with Crippen LogP contribution in [-0.4, -0.2) is 20.0 Å². The first kappa shape index (κ1) is 9.21. The topological polar surface area (TPSA) is 0 Å². The van der Waals surface area contributed by atoms with Gasteiger partial charge in [0.1, 0.15) is 0 Å². The zero-order valence-corrected chi connectivity index (χ0v) is 5.63. The molecule has 0 aromatic rings. The van der Waals surface area contributed by atoms with Crippen molar-refractivity contribution in [1.82, 2.24) is 0 Å². The van der Waals surface area contributed by atoms with Crippen LogP contribution in [0.15, 0.2) is 0 Å². The molecule has 5 heavy (non-hydrogen) atoms. The van der Waals surface area contributed by atoms with Crippen molar-refractivity contribution < 1.29 is 12.4 Å². The molecule has 2 heteroatoms. The zero-order valence-electron chi connectivity index (χ0n) is 3.88. The third-order valence-corrected chi connectivity index (χ3v) is 0. The molecule has 0 radical (unpaired) electrons. The highest BCUT2D eigenvalue weighted by Crippen LogP contribution is 2.14. The molecule has 0 fully saturated rings. The Morgan fingerprint density at radius 2 is 1.00 bits per heavy atom. The van der Waals surface area contributed by atoms with Crippen LogP contribution in [0.2, 0.25) is 0 Å². The summed E-state index contributed by atoms with van der Waals surface area (Å²) < 4.78 is 0. The Balaban J connectivity index is 0. The van der Waals surface area contributed by atoms with Crippen molar-refractivity contribution in [2.45, 2.75) is 0 Å². The van der Waals surface area contributed by atoms with Crippen molar-refractivity contribution in [1.29, 1.82) is 0 Å². The first-order valence-corrected chi connectivity index (χ1v) is 4.50. The van der Waals surface area contributed by atoms with Gasteiger partial charge >= 0.3 is 0 Å². The molecule has 0 atom stereocenters. The molecule has 0 aliphatic heterocycles. The standard InChI is InChI=1S/C3H9P.ClH/c1-4(2)3;/h1-3H3;1H. The predicted octanol–water partition coefficient (Wildman–Crippen LogP) is -1.91. The fourth-order valence-corrected chi connectivity index (χ4v) is 0. The first-order chi connectivity index (χ1) is 1.73. The molecule has 0 aliphatic rings. The van der Waals surface area contributed by atoms with Gasteiger partial charge in [-0.15, -0.1) is 0 Å². The fraction of sp³-hybridized carbons (Fsp3) is 1.00. The third-order valence-electron chi connectivity index (χ3n) is 0. The minimum Gasteiger partial charge on any atom is -1.00 e. The lowest BCUT2D eigenvalue weighted by atomic mass is 11.9.